The highest BCUT2D eigenvalue weighted by atomic mass is 16.5. The van der Waals surface area contributed by atoms with Crippen LogP contribution in [0.1, 0.15) is 24.2 Å². The van der Waals surface area contributed by atoms with Crippen molar-refractivity contribution in [2.75, 3.05) is 19.8 Å². The Morgan fingerprint density at radius 1 is 1.43 bits per heavy atom. The van der Waals surface area contributed by atoms with E-state index in [2.05, 4.69) is 5.10 Å². The van der Waals surface area contributed by atoms with Crippen molar-refractivity contribution in [3.63, 3.8) is 0 Å². The molecule has 1 saturated heterocycles. The Balaban J connectivity index is 2.09. The van der Waals surface area contributed by atoms with Gasteiger partial charge in [-0.2, -0.15) is 5.10 Å². The summed E-state index contributed by atoms with van der Waals surface area (Å²) >= 11 is 0. The van der Waals surface area contributed by atoms with Gasteiger partial charge in [-0.1, -0.05) is 0 Å². The molecular weight excluding hydrogens is 274 g/mol. The average molecular weight is 295 g/mol. The molecule has 0 saturated carbocycles. The number of carboxylic acid groups (broad SMARTS) is 1. The zero-order chi connectivity index (χ0) is 15.4. The van der Waals surface area contributed by atoms with Crippen molar-refractivity contribution in [3.8, 4) is 0 Å². The van der Waals surface area contributed by atoms with Crippen LogP contribution in [-0.2, 0) is 20.9 Å². The molecule has 21 heavy (non-hydrogen) atoms. The highest BCUT2D eigenvalue weighted by Gasteiger charge is 2.28. The molecular formula is C14H21N3O4. The molecule has 0 spiro atoms. The summed E-state index contributed by atoms with van der Waals surface area (Å²) in [6.45, 7) is 4.67. The number of rotatable bonds is 5. The lowest BCUT2D eigenvalue weighted by molar-refractivity contribution is -0.148. The predicted octanol–water partition coefficient (Wildman–Crippen LogP) is 0.592. The van der Waals surface area contributed by atoms with Crippen molar-refractivity contribution in [2.24, 2.45) is 0 Å². The van der Waals surface area contributed by atoms with Gasteiger partial charge in [0.2, 0.25) is 5.91 Å². The van der Waals surface area contributed by atoms with Gasteiger partial charge in [0.25, 0.3) is 0 Å². The predicted molar refractivity (Wildman–Crippen MR) is 74.9 cm³/mol. The van der Waals surface area contributed by atoms with Crippen molar-refractivity contribution < 1.29 is 19.4 Å². The van der Waals surface area contributed by atoms with Crippen LogP contribution in [0.15, 0.2) is 6.07 Å². The lowest BCUT2D eigenvalue weighted by Gasteiger charge is -2.33. The van der Waals surface area contributed by atoms with E-state index in [1.165, 1.54) is 4.90 Å². The molecule has 7 heteroatoms. The molecule has 1 N–H and O–H groups in total. The summed E-state index contributed by atoms with van der Waals surface area (Å²) in [4.78, 5) is 24.9. The third-order valence-electron chi connectivity index (χ3n) is 3.65. The van der Waals surface area contributed by atoms with E-state index >= 15 is 0 Å². The van der Waals surface area contributed by atoms with Crippen molar-refractivity contribution >= 4 is 11.9 Å². The van der Waals surface area contributed by atoms with Gasteiger partial charge in [0.05, 0.1) is 5.69 Å². The number of hydrogen-bond donors (Lipinski definition) is 1. The van der Waals surface area contributed by atoms with Crippen LogP contribution in [0.4, 0.5) is 0 Å². The van der Waals surface area contributed by atoms with Gasteiger partial charge >= 0.3 is 5.97 Å². The maximum atomic E-state index is 12.5. The smallest absolute Gasteiger partial charge is 0.323 e. The second-order valence-electron chi connectivity index (χ2n) is 5.34. The molecule has 0 unspecified atom stereocenters. The number of aliphatic carboxylic acids is 1. The van der Waals surface area contributed by atoms with Crippen molar-refractivity contribution in [3.05, 3.63) is 17.5 Å². The fraction of sp³-hybridized carbons (Fsp3) is 0.643. The van der Waals surface area contributed by atoms with E-state index in [1.54, 1.807) is 4.68 Å². The summed E-state index contributed by atoms with van der Waals surface area (Å²) in [5, 5.41) is 13.3. The summed E-state index contributed by atoms with van der Waals surface area (Å²) in [5.74, 6) is -1.21. The van der Waals surface area contributed by atoms with Crippen molar-refractivity contribution in [1.29, 1.82) is 0 Å². The van der Waals surface area contributed by atoms with Crippen molar-refractivity contribution in [2.45, 2.75) is 39.3 Å². The maximum Gasteiger partial charge on any atom is 0.323 e. The van der Waals surface area contributed by atoms with Crippen LogP contribution in [0, 0.1) is 13.8 Å². The van der Waals surface area contributed by atoms with Crippen LogP contribution in [0.5, 0.6) is 0 Å². The molecule has 1 aromatic heterocycles. The first-order valence-electron chi connectivity index (χ1n) is 7.07. The van der Waals surface area contributed by atoms with E-state index in [1.807, 2.05) is 19.9 Å². The third kappa shape index (κ3) is 4.04. The largest absolute Gasteiger partial charge is 0.480 e. The van der Waals surface area contributed by atoms with Crippen LogP contribution in [-0.4, -0.2) is 57.5 Å². The lowest BCUT2D eigenvalue weighted by atomic mass is 10.1. The summed E-state index contributed by atoms with van der Waals surface area (Å²) < 4.78 is 6.89. The first kappa shape index (κ1) is 15.5. The third-order valence-corrected chi connectivity index (χ3v) is 3.65. The van der Waals surface area contributed by atoms with Gasteiger partial charge in [0.15, 0.2) is 0 Å². The van der Waals surface area contributed by atoms with E-state index in [0.717, 1.165) is 11.4 Å². The number of amides is 1. The van der Waals surface area contributed by atoms with Crippen LogP contribution >= 0.6 is 0 Å². The fourth-order valence-corrected chi connectivity index (χ4v) is 2.62. The Morgan fingerprint density at radius 2 is 2.10 bits per heavy atom. The highest BCUT2D eigenvalue weighted by Crippen LogP contribution is 2.15. The molecule has 1 aromatic rings. The van der Waals surface area contributed by atoms with Gasteiger partial charge in [-0.3, -0.25) is 14.3 Å². The zero-order valence-electron chi connectivity index (χ0n) is 12.4. The summed E-state index contributed by atoms with van der Waals surface area (Å²) in [7, 11) is 0. The standard InChI is InChI=1S/C14H21N3O4/c1-10-7-11(2)17(15-10)8-13(18)16(9-14(19)20)12-3-5-21-6-4-12/h7,12H,3-6,8-9H2,1-2H3,(H,19,20). The Morgan fingerprint density at radius 3 is 2.62 bits per heavy atom. The Hall–Kier alpha value is -1.89. The number of ether oxygens (including phenoxy) is 1. The molecule has 0 aromatic carbocycles. The number of aryl methyl sites for hydroxylation is 2. The quantitative estimate of drug-likeness (QED) is 0.859. The first-order chi connectivity index (χ1) is 9.97. The van der Waals surface area contributed by atoms with E-state index in [-0.39, 0.29) is 25.0 Å². The van der Waals surface area contributed by atoms with E-state index in [4.69, 9.17) is 9.84 Å². The number of carbonyl (C=O) groups is 2. The minimum atomic E-state index is -0.997. The molecule has 2 rings (SSSR count). The van der Waals surface area contributed by atoms with Crippen LogP contribution in [0.3, 0.4) is 0 Å². The molecule has 0 bridgehead atoms. The van der Waals surface area contributed by atoms with Gasteiger partial charge in [0, 0.05) is 24.9 Å². The zero-order valence-corrected chi connectivity index (χ0v) is 12.4. The second kappa shape index (κ2) is 6.71. The number of carbonyl (C=O) groups excluding carboxylic acids is 1. The average Bonchev–Trinajstić information content (AvgIpc) is 2.75. The monoisotopic (exact) mass is 295 g/mol. The van der Waals surface area contributed by atoms with Gasteiger partial charge < -0.3 is 14.7 Å². The van der Waals surface area contributed by atoms with Crippen molar-refractivity contribution in [1.82, 2.24) is 14.7 Å². The van der Waals surface area contributed by atoms with Crippen LogP contribution in [0.25, 0.3) is 0 Å². The molecule has 1 aliphatic rings. The van der Waals surface area contributed by atoms with E-state index in [9.17, 15) is 9.59 Å². The van der Waals surface area contributed by atoms with Crippen LogP contribution in [0.2, 0.25) is 0 Å². The molecule has 1 amide bonds. The maximum absolute atomic E-state index is 12.5. The fourth-order valence-electron chi connectivity index (χ4n) is 2.62. The summed E-state index contributed by atoms with van der Waals surface area (Å²) in [5.41, 5.74) is 1.74. The second-order valence-corrected chi connectivity index (χ2v) is 5.34. The molecule has 0 radical (unpaired) electrons. The summed E-state index contributed by atoms with van der Waals surface area (Å²) in [6.07, 6.45) is 1.35. The minimum absolute atomic E-state index is 0.0701. The molecule has 0 atom stereocenters. The SMILES string of the molecule is Cc1cc(C)n(CC(=O)N(CC(=O)O)C2CCOCC2)n1. The summed E-state index contributed by atoms with van der Waals surface area (Å²) in [6, 6.07) is 1.82. The molecule has 7 nitrogen and oxygen atoms in total. The number of hydrogen-bond acceptors (Lipinski definition) is 4. The lowest BCUT2D eigenvalue weighted by Crippen LogP contribution is -2.47. The topological polar surface area (TPSA) is 84.7 Å². The number of nitrogens with zero attached hydrogens (tertiary/aromatic N) is 3. The van der Waals surface area contributed by atoms with E-state index < -0.39 is 5.97 Å². The Labute approximate surface area is 123 Å². The molecule has 1 aliphatic heterocycles. The normalized spacial score (nSPS) is 15.9. The molecule has 2 heterocycles. The van der Waals surface area contributed by atoms with Crippen LogP contribution < -0.4 is 0 Å². The minimum Gasteiger partial charge on any atom is -0.480 e. The number of aromatic nitrogens is 2. The van der Waals surface area contributed by atoms with Gasteiger partial charge in [-0.25, -0.2) is 0 Å². The van der Waals surface area contributed by atoms with Gasteiger partial charge in [-0.15, -0.1) is 0 Å². The van der Waals surface area contributed by atoms with Gasteiger partial charge in [0.1, 0.15) is 13.1 Å². The Kier molecular flexibility index (Phi) is 4.95. The molecule has 1 fully saturated rings. The highest BCUT2D eigenvalue weighted by molar-refractivity contribution is 5.81. The molecule has 0 aliphatic carbocycles. The first-order valence-corrected chi connectivity index (χ1v) is 7.07. The Bertz CT molecular complexity index is 520. The van der Waals surface area contributed by atoms with E-state index in [0.29, 0.717) is 26.1 Å². The number of carboxylic acids is 1. The molecule has 116 valence electrons. The van der Waals surface area contributed by atoms with Gasteiger partial charge in [-0.05, 0) is 32.8 Å².